The van der Waals surface area contributed by atoms with Crippen molar-refractivity contribution in [3.63, 3.8) is 0 Å². The minimum Gasteiger partial charge on any atom is -0.398 e. The first kappa shape index (κ1) is 13.6. The molecule has 0 fully saturated rings. The number of anilines is 2. The number of rotatable bonds is 3. The second kappa shape index (κ2) is 5.85. The van der Waals surface area contributed by atoms with Gasteiger partial charge < -0.3 is 11.1 Å². The lowest BCUT2D eigenvalue weighted by atomic mass is 10.1. The zero-order chi connectivity index (χ0) is 14.5. The summed E-state index contributed by atoms with van der Waals surface area (Å²) >= 11 is 0. The summed E-state index contributed by atoms with van der Waals surface area (Å²) < 4.78 is 13.1. The average Bonchev–Trinajstić information content (AvgIpc) is 2.44. The lowest BCUT2D eigenvalue weighted by Crippen LogP contribution is -2.14. The third-order valence-electron chi connectivity index (χ3n) is 2.75. The van der Waals surface area contributed by atoms with Crippen LogP contribution >= 0.6 is 0 Å². The molecule has 0 atom stereocenters. The van der Waals surface area contributed by atoms with E-state index in [0.717, 1.165) is 11.6 Å². The van der Waals surface area contributed by atoms with Crippen LogP contribution in [0.25, 0.3) is 0 Å². The monoisotopic (exact) mass is 269 g/mol. The Morgan fingerprint density at radius 3 is 2.60 bits per heavy atom. The highest BCUT2D eigenvalue weighted by atomic mass is 19.1. The molecule has 0 aromatic heterocycles. The maximum Gasteiger partial charge on any atom is 0.257 e. The summed E-state index contributed by atoms with van der Waals surface area (Å²) in [6.45, 7) is 0. The van der Waals surface area contributed by atoms with E-state index in [1.807, 2.05) is 6.07 Å². The standard InChI is InChI=1S/C15H12FN3O/c16-11-3-6-14(18)13(9-11)15(20)19-12-4-1-10(2-5-12)7-8-17/h1-6,9H,7,18H2,(H,19,20). The fourth-order valence-electron chi connectivity index (χ4n) is 1.72. The minimum atomic E-state index is -0.520. The molecule has 0 saturated carbocycles. The first-order valence-corrected chi connectivity index (χ1v) is 5.92. The molecule has 2 rings (SSSR count). The van der Waals surface area contributed by atoms with Gasteiger partial charge in [-0.3, -0.25) is 4.79 Å². The molecule has 0 bridgehead atoms. The maximum absolute atomic E-state index is 13.1. The number of nitriles is 1. The molecule has 100 valence electrons. The van der Waals surface area contributed by atoms with Crippen LogP contribution in [-0.2, 0) is 6.42 Å². The molecule has 3 N–H and O–H groups in total. The van der Waals surface area contributed by atoms with Crippen LogP contribution in [0, 0.1) is 17.1 Å². The highest BCUT2D eigenvalue weighted by molar-refractivity contribution is 6.07. The van der Waals surface area contributed by atoms with Gasteiger partial charge in [-0.25, -0.2) is 4.39 Å². The number of carbonyl (C=O) groups excluding carboxylic acids is 1. The molecule has 2 aromatic carbocycles. The maximum atomic E-state index is 13.1. The van der Waals surface area contributed by atoms with Crippen LogP contribution in [-0.4, -0.2) is 5.91 Å². The molecule has 0 heterocycles. The number of carbonyl (C=O) groups is 1. The van der Waals surface area contributed by atoms with Gasteiger partial charge in [0.25, 0.3) is 5.91 Å². The Labute approximate surface area is 115 Å². The van der Waals surface area contributed by atoms with E-state index in [1.165, 1.54) is 12.1 Å². The van der Waals surface area contributed by atoms with E-state index in [9.17, 15) is 9.18 Å². The van der Waals surface area contributed by atoms with Gasteiger partial charge in [0.2, 0.25) is 0 Å². The van der Waals surface area contributed by atoms with Gasteiger partial charge >= 0.3 is 0 Å². The van der Waals surface area contributed by atoms with Gasteiger partial charge in [0, 0.05) is 11.4 Å². The van der Waals surface area contributed by atoms with E-state index in [1.54, 1.807) is 24.3 Å². The molecule has 0 unspecified atom stereocenters. The van der Waals surface area contributed by atoms with E-state index in [2.05, 4.69) is 5.32 Å². The third kappa shape index (κ3) is 3.12. The Morgan fingerprint density at radius 1 is 1.25 bits per heavy atom. The quantitative estimate of drug-likeness (QED) is 0.841. The Balaban J connectivity index is 2.15. The highest BCUT2D eigenvalue weighted by Gasteiger charge is 2.11. The number of hydrogen-bond donors (Lipinski definition) is 2. The smallest absolute Gasteiger partial charge is 0.257 e. The van der Waals surface area contributed by atoms with Crippen LogP contribution in [0.4, 0.5) is 15.8 Å². The number of halogens is 1. The normalized spacial score (nSPS) is 9.80. The largest absolute Gasteiger partial charge is 0.398 e. The number of hydrogen-bond acceptors (Lipinski definition) is 3. The number of amides is 1. The minimum absolute atomic E-state index is 0.0890. The Kier molecular flexibility index (Phi) is 3.96. The van der Waals surface area contributed by atoms with E-state index >= 15 is 0 Å². The first-order chi connectivity index (χ1) is 9.60. The molecule has 2 aromatic rings. The van der Waals surface area contributed by atoms with Crippen LogP contribution in [0.2, 0.25) is 0 Å². The van der Waals surface area contributed by atoms with Gasteiger partial charge in [-0.05, 0) is 35.9 Å². The Bertz CT molecular complexity index is 675. The van der Waals surface area contributed by atoms with Gasteiger partial charge in [-0.1, -0.05) is 12.1 Å². The summed E-state index contributed by atoms with van der Waals surface area (Å²) in [5.74, 6) is -0.997. The van der Waals surface area contributed by atoms with Crippen molar-refractivity contribution in [3.05, 3.63) is 59.4 Å². The summed E-state index contributed by atoms with van der Waals surface area (Å²) in [7, 11) is 0. The lowest BCUT2D eigenvalue weighted by Gasteiger charge is -2.08. The van der Waals surface area contributed by atoms with Crippen molar-refractivity contribution in [1.82, 2.24) is 0 Å². The summed E-state index contributed by atoms with van der Waals surface area (Å²) in [5.41, 5.74) is 7.36. The molecule has 0 aliphatic rings. The first-order valence-electron chi connectivity index (χ1n) is 5.92. The highest BCUT2D eigenvalue weighted by Crippen LogP contribution is 2.16. The van der Waals surface area contributed by atoms with Crippen LogP contribution in [0.15, 0.2) is 42.5 Å². The SMILES string of the molecule is N#CCc1ccc(NC(=O)c2cc(F)ccc2N)cc1. The van der Waals surface area contributed by atoms with E-state index < -0.39 is 11.7 Å². The predicted molar refractivity (Wildman–Crippen MR) is 74.5 cm³/mol. The summed E-state index contributed by atoms with van der Waals surface area (Å²) in [6, 6.07) is 12.5. The molecular formula is C15H12FN3O. The van der Waals surface area contributed by atoms with E-state index in [0.29, 0.717) is 12.1 Å². The van der Waals surface area contributed by atoms with E-state index in [4.69, 9.17) is 11.0 Å². The van der Waals surface area contributed by atoms with Gasteiger partial charge in [-0.15, -0.1) is 0 Å². The summed E-state index contributed by atoms with van der Waals surface area (Å²) in [5, 5.41) is 11.2. The van der Waals surface area contributed by atoms with Gasteiger partial charge in [-0.2, -0.15) is 5.26 Å². The third-order valence-corrected chi connectivity index (χ3v) is 2.75. The van der Waals surface area contributed by atoms with Gasteiger partial charge in [0.15, 0.2) is 0 Å². The number of benzene rings is 2. The van der Waals surface area contributed by atoms with Crippen LogP contribution in [0.1, 0.15) is 15.9 Å². The molecular weight excluding hydrogens is 257 g/mol. The zero-order valence-corrected chi connectivity index (χ0v) is 10.6. The lowest BCUT2D eigenvalue weighted by molar-refractivity contribution is 0.102. The predicted octanol–water partition coefficient (Wildman–Crippen LogP) is 2.73. The molecule has 0 spiro atoms. The van der Waals surface area contributed by atoms with Crippen LogP contribution in [0.5, 0.6) is 0 Å². The van der Waals surface area contributed by atoms with Crippen molar-refractivity contribution in [2.24, 2.45) is 0 Å². The molecule has 1 amide bonds. The molecule has 0 radical (unpaired) electrons. The zero-order valence-electron chi connectivity index (χ0n) is 10.6. The molecule has 4 nitrogen and oxygen atoms in total. The van der Waals surface area contributed by atoms with Gasteiger partial charge in [0.1, 0.15) is 5.82 Å². The fraction of sp³-hybridized carbons (Fsp3) is 0.0667. The molecule has 20 heavy (non-hydrogen) atoms. The number of nitrogens with one attached hydrogen (secondary N) is 1. The fourth-order valence-corrected chi connectivity index (χ4v) is 1.72. The Morgan fingerprint density at radius 2 is 1.95 bits per heavy atom. The summed E-state index contributed by atoms with van der Waals surface area (Å²) in [4.78, 5) is 12.0. The van der Waals surface area contributed by atoms with Crippen molar-refractivity contribution in [2.45, 2.75) is 6.42 Å². The van der Waals surface area contributed by atoms with Crippen molar-refractivity contribution in [2.75, 3.05) is 11.1 Å². The van der Waals surface area contributed by atoms with Crippen LogP contribution in [0.3, 0.4) is 0 Å². The number of nitrogens with zero attached hydrogens (tertiary/aromatic N) is 1. The number of nitrogen functional groups attached to an aromatic ring is 1. The molecule has 0 aliphatic carbocycles. The molecule has 0 aliphatic heterocycles. The second-order valence-electron chi connectivity index (χ2n) is 4.22. The van der Waals surface area contributed by atoms with Crippen molar-refractivity contribution >= 4 is 17.3 Å². The van der Waals surface area contributed by atoms with Crippen molar-refractivity contribution < 1.29 is 9.18 Å². The molecule has 5 heteroatoms. The second-order valence-corrected chi connectivity index (χ2v) is 4.22. The average molecular weight is 269 g/mol. The Hall–Kier alpha value is -2.87. The molecule has 0 saturated heterocycles. The summed E-state index contributed by atoms with van der Waals surface area (Å²) in [6.07, 6.45) is 0.311. The van der Waals surface area contributed by atoms with Crippen LogP contribution < -0.4 is 11.1 Å². The van der Waals surface area contributed by atoms with Crippen molar-refractivity contribution in [3.8, 4) is 6.07 Å². The van der Waals surface area contributed by atoms with E-state index in [-0.39, 0.29) is 11.3 Å². The number of nitrogens with two attached hydrogens (primary N) is 1. The van der Waals surface area contributed by atoms with Crippen molar-refractivity contribution in [1.29, 1.82) is 5.26 Å². The topological polar surface area (TPSA) is 78.9 Å². The van der Waals surface area contributed by atoms with Gasteiger partial charge in [0.05, 0.1) is 18.1 Å².